The summed E-state index contributed by atoms with van der Waals surface area (Å²) in [5.74, 6) is 0.770. The number of hydrogen-bond acceptors (Lipinski definition) is 0. The molecule has 0 saturated carbocycles. The fourth-order valence-corrected chi connectivity index (χ4v) is 1.87. The highest BCUT2D eigenvalue weighted by atomic mass is 35.5. The van der Waals surface area contributed by atoms with Crippen LogP contribution < -0.4 is 0 Å². The van der Waals surface area contributed by atoms with Gasteiger partial charge in [0, 0.05) is 17.6 Å². The third kappa shape index (κ3) is 2.10. The molecule has 0 aliphatic carbocycles. The van der Waals surface area contributed by atoms with E-state index in [9.17, 15) is 0 Å². The number of fused-ring (bicyclic) bond motifs is 1. The van der Waals surface area contributed by atoms with Crippen molar-refractivity contribution in [3.05, 3.63) is 36.0 Å². The summed E-state index contributed by atoms with van der Waals surface area (Å²) in [4.78, 5) is 3.19. The van der Waals surface area contributed by atoms with Crippen molar-refractivity contribution in [1.82, 2.24) is 4.98 Å². The number of nitrogens with one attached hydrogen (secondary N) is 1. The second-order valence-corrected chi connectivity index (χ2v) is 3.92. The Hall–Kier alpha value is -0.950. The molecule has 0 aliphatic heterocycles. The summed E-state index contributed by atoms with van der Waals surface area (Å²) >= 11 is 5.64. The van der Waals surface area contributed by atoms with Gasteiger partial charge in [-0.3, -0.25) is 0 Å². The fourth-order valence-electron chi connectivity index (χ4n) is 1.68. The van der Waals surface area contributed by atoms with Crippen molar-refractivity contribution in [3.8, 4) is 0 Å². The molecule has 2 heteroatoms. The summed E-state index contributed by atoms with van der Waals surface area (Å²) in [6.45, 7) is 0. The Labute approximate surface area is 89.1 Å². The zero-order valence-electron chi connectivity index (χ0n) is 8.09. The first-order valence-electron chi connectivity index (χ1n) is 5.02. The molecule has 1 N–H and O–H groups in total. The molecule has 1 aromatic carbocycles. The lowest BCUT2D eigenvalue weighted by Gasteiger charge is -2.00. The largest absolute Gasteiger partial charge is 0.361 e. The number of rotatable bonds is 4. The number of H-pyrrole nitrogens is 1. The van der Waals surface area contributed by atoms with E-state index in [1.807, 2.05) is 6.20 Å². The second kappa shape index (κ2) is 4.52. The van der Waals surface area contributed by atoms with Crippen molar-refractivity contribution < 1.29 is 0 Å². The molecular formula is C12H14ClN. The van der Waals surface area contributed by atoms with E-state index in [4.69, 9.17) is 11.6 Å². The molecule has 0 radical (unpaired) electrons. The van der Waals surface area contributed by atoms with Crippen LogP contribution >= 0.6 is 11.6 Å². The van der Waals surface area contributed by atoms with Crippen LogP contribution in [0.15, 0.2) is 30.5 Å². The summed E-state index contributed by atoms with van der Waals surface area (Å²) in [5.41, 5.74) is 2.62. The summed E-state index contributed by atoms with van der Waals surface area (Å²) in [6, 6.07) is 8.69. The highest BCUT2D eigenvalue weighted by molar-refractivity contribution is 6.17. The summed E-state index contributed by atoms with van der Waals surface area (Å²) < 4.78 is 0. The number of halogens is 1. The van der Waals surface area contributed by atoms with E-state index in [2.05, 4.69) is 29.2 Å². The Morgan fingerprint density at radius 2 is 2.07 bits per heavy atom. The van der Waals surface area contributed by atoms with Crippen molar-refractivity contribution in [3.63, 3.8) is 0 Å². The standard InChI is InChI=1S/C12H14ClN/c13-7-2-1-3-10-4-5-12-11(9-10)6-8-14-12/h4-6,8-9,14H,1-3,7H2. The Kier molecular flexibility index (Phi) is 3.10. The van der Waals surface area contributed by atoms with Gasteiger partial charge in [-0.15, -0.1) is 11.6 Å². The Bertz CT molecular complexity index is 405. The van der Waals surface area contributed by atoms with Gasteiger partial charge in [-0.05, 0) is 48.4 Å². The number of aryl methyl sites for hydroxylation is 1. The third-order valence-corrected chi connectivity index (χ3v) is 2.73. The molecule has 14 heavy (non-hydrogen) atoms. The van der Waals surface area contributed by atoms with Gasteiger partial charge in [0.1, 0.15) is 0 Å². The second-order valence-electron chi connectivity index (χ2n) is 3.55. The van der Waals surface area contributed by atoms with Gasteiger partial charge >= 0.3 is 0 Å². The highest BCUT2D eigenvalue weighted by Crippen LogP contribution is 2.15. The molecule has 1 heterocycles. The zero-order valence-corrected chi connectivity index (χ0v) is 8.85. The first kappa shape index (κ1) is 9.60. The lowest BCUT2D eigenvalue weighted by molar-refractivity contribution is 0.800. The molecule has 0 fully saturated rings. The van der Waals surface area contributed by atoms with Crippen LogP contribution in [0.2, 0.25) is 0 Å². The Morgan fingerprint density at radius 3 is 2.93 bits per heavy atom. The monoisotopic (exact) mass is 207 g/mol. The van der Waals surface area contributed by atoms with Gasteiger partial charge in [0.25, 0.3) is 0 Å². The number of aromatic amines is 1. The van der Waals surface area contributed by atoms with Crippen LogP contribution in [0.25, 0.3) is 10.9 Å². The summed E-state index contributed by atoms with van der Waals surface area (Å²) in [5, 5.41) is 1.30. The van der Waals surface area contributed by atoms with Crippen molar-refractivity contribution >= 4 is 22.5 Å². The molecule has 0 saturated heterocycles. The normalized spacial score (nSPS) is 10.9. The minimum Gasteiger partial charge on any atom is -0.361 e. The van der Waals surface area contributed by atoms with E-state index in [1.165, 1.54) is 22.9 Å². The molecule has 0 aliphatic rings. The number of alkyl halides is 1. The summed E-state index contributed by atoms with van der Waals surface area (Å²) in [7, 11) is 0. The minimum absolute atomic E-state index is 0.770. The number of benzene rings is 1. The molecule has 0 atom stereocenters. The van der Waals surface area contributed by atoms with Gasteiger partial charge in [-0.2, -0.15) is 0 Å². The zero-order chi connectivity index (χ0) is 9.80. The third-order valence-electron chi connectivity index (χ3n) is 2.47. The number of unbranched alkanes of at least 4 members (excludes halogenated alkanes) is 1. The molecule has 0 spiro atoms. The van der Waals surface area contributed by atoms with Crippen LogP contribution in [0.5, 0.6) is 0 Å². The molecule has 0 amide bonds. The van der Waals surface area contributed by atoms with Crippen LogP contribution in [0.1, 0.15) is 18.4 Å². The predicted molar refractivity (Wildman–Crippen MR) is 62.0 cm³/mol. The maximum atomic E-state index is 5.64. The first-order chi connectivity index (χ1) is 6.90. The van der Waals surface area contributed by atoms with Crippen LogP contribution in [0.3, 0.4) is 0 Å². The van der Waals surface area contributed by atoms with E-state index in [0.717, 1.165) is 18.7 Å². The quantitative estimate of drug-likeness (QED) is 0.581. The summed E-state index contributed by atoms with van der Waals surface area (Å²) in [6.07, 6.45) is 5.40. The Morgan fingerprint density at radius 1 is 1.14 bits per heavy atom. The van der Waals surface area contributed by atoms with Crippen molar-refractivity contribution in [2.24, 2.45) is 0 Å². The van der Waals surface area contributed by atoms with Crippen LogP contribution in [0, 0.1) is 0 Å². The average molecular weight is 208 g/mol. The van der Waals surface area contributed by atoms with E-state index in [1.54, 1.807) is 0 Å². The van der Waals surface area contributed by atoms with E-state index < -0.39 is 0 Å². The highest BCUT2D eigenvalue weighted by Gasteiger charge is 1.96. The molecule has 0 unspecified atom stereocenters. The fraction of sp³-hybridized carbons (Fsp3) is 0.333. The number of hydrogen-bond donors (Lipinski definition) is 1. The molecule has 1 aromatic heterocycles. The minimum atomic E-state index is 0.770. The van der Waals surface area contributed by atoms with Crippen molar-refractivity contribution in [2.45, 2.75) is 19.3 Å². The van der Waals surface area contributed by atoms with E-state index in [0.29, 0.717) is 0 Å². The van der Waals surface area contributed by atoms with Crippen LogP contribution in [-0.2, 0) is 6.42 Å². The molecular weight excluding hydrogens is 194 g/mol. The van der Waals surface area contributed by atoms with Crippen molar-refractivity contribution in [1.29, 1.82) is 0 Å². The van der Waals surface area contributed by atoms with Gasteiger partial charge in [0.05, 0.1) is 0 Å². The molecule has 1 nitrogen and oxygen atoms in total. The number of aromatic nitrogens is 1. The average Bonchev–Trinajstić information content (AvgIpc) is 2.65. The molecule has 2 rings (SSSR count). The molecule has 2 aromatic rings. The maximum Gasteiger partial charge on any atom is 0.0454 e. The van der Waals surface area contributed by atoms with Gasteiger partial charge in [-0.1, -0.05) is 6.07 Å². The topological polar surface area (TPSA) is 15.8 Å². The molecule has 74 valence electrons. The van der Waals surface area contributed by atoms with Crippen LogP contribution in [-0.4, -0.2) is 10.9 Å². The predicted octanol–water partition coefficient (Wildman–Crippen LogP) is 3.73. The van der Waals surface area contributed by atoms with Crippen molar-refractivity contribution in [2.75, 3.05) is 5.88 Å². The Balaban J connectivity index is 2.10. The van der Waals surface area contributed by atoms with Crippen LogP contribution in [0.4, 0.5) is 0 Å². The lowest BCUT2D eigenvalue weighted by atomic mass is 10.1. The SMILES string of the molecule is ClCCCCc1ccc2[nH]ccc2c1. The smallest absolute Gasteiger partial charge is 0.0454 e. The lowest BCUT2D eigenvalue weighted by Crippen LogP contribution is -1.85. The van der Waals surface area contributed by atoms with Gasteiger partial charge in [-0.25, -0.2) is 0 Å². The van der Waals surface area contributed by atoms with Gasteiger partial charge in [0.15, 0.2) is 0 Å². The molecule has 0 bridgehead atoms. The first-order valence-corrected chi connectivity index (χ1v) is 5.55. The maximum absolute atomic E-state index is 5.64. The van der Waals surface area contributed by atoms with Gasteiger partial charge < -0.3 is 4.98 Å². The van der Waals surface area contributed by atoms with Gasteiger partial charge in [0.2, 0.25) is 0 Å². The van der Waals surface area contributed by atoms with E-state index >= 15 is 0 Å². The van der Waals surface area contributed by atoms with E-state index in [-0.39, 0.29) is 0 Å².